The number of amides is 1. The van der Waals surface area contributed by atoms with Crippen LogP contribution in [0.1, 0.15) is 54.4 Å². The molecule has 0 aromatic heterocycles. The summed E-state index contributed by atoms with van der Waals surface area (Å²) in [4.78, 5) is 40.4. The lowest BCUT2D eigenvalue weighted by Crippen LogP contribution is -2.53. The van der Waals surface area contributed by atoms with E-state index in [1.54, 1.807) is 41.5 Å². The summed E-state index contributed by atoms with van der Waals surface area (Å²) in [6, 6.07) is -2.85. The minimum Gasteiger partial charge on any atom is -0.459 e. The van der Waals surface area contributed by atoms with Crippen LogP contribution in [0.5, 0.6) is 0 Å². The van der Waals surface area contributed by atoms with Gasteiger partial charge in [0.05, 0.1) is 18.1 Å². The molecule has 0 bridgehead atoms. The van der Waals surface area contributed by atoms with Gasteiger partial charge in [0.1, 0.15) is 11.6 Å². The monoisotopic (exact) mass is 400 g/mol. The molecule has 0 aliphatic carbocycles. The molecule has 162 valence electrons. The molecule has 0 aromatic carbocycles. The first kappa shape index (κ1) is 25.8. The second-order valence-corrected chi connectivity index (χ2v) is 7.83. The van der Waals surface area contributed by atoms with Gasteiger partial charge in [-0.15, -0.1) is 0 Å². The van der Waals surface area contributed by atoms with Crippen molar-refractivity contribution in [3.05, 3.63) is 0 Å². The Hall–Kier alpha value is -2.20. The quantitative estimate of drug-likeness (QED) is 0.129. The Balaban J connectivity index is 4.49. The number of carbonyl (C=O) groups is 3. The van der Waals surface area contributed by atoms with Crippen LogP contribution in [0.4, 0.5) is 0 Å². The molecule has 28 heavy (non-hydrogen) atoms. The van der Waals surface area contributed by atoms with Gasteiger partial charge in [0, 0.05) is 6.54 Å². The van der Waals surface area contributed by atoms with Crippen molar-refractivity contribution in [3.8, 4) is 0 Å². The van der Waals surface area contributed by atoms with E-state index in [1.165, 1.54) is 0 Å². The van der Waals surface area contributed by atoms with E-state index in [4.69, 9.17) is 21.9 Å². The first-order chi connectivity index (χ1) is 12.7. The Morgan fingerprint density at radius 2 is 1.61 bits per heavy atom. The van der Waals surface area contributed by atoms with Crippen LogP contribution in [0.15, 0.2) is 4.99 Å². The highest BCUT2D eigenvalue weighted by Crippen LogP contribution is 2.09. The van der Waals surface area contributed by atoms with E-state index in [-0.39, 0.29) is 11.7 Å². The molecule has 0 spiro atoms. The van der Waals surface area contributed by atoms with E-state index in [9.17, 15) is 14.4 Å². The highest BCUT2D eigenvalue weighted by Gasteiger charge is 2.28. The second-order valence-electron chi connectivity index (χ2n) is 7.83. The standard InChI is InChI=1S/C18H36N6O4/c1-10(23-12(3)16(27)28-18(4,5)6)14(25)11(2)24-15(26)13(19)8-7-9-22-17(20)21/h10-13,23H,7-9,19H2,1-6H3,(H,24,26)(H4,20,21,22). The number of aliphatic imine (C=N–C) groups is 1. The number of rotatable bonds is 11. The summed E-state index contributed by atoms with van der Waals surface area (Å²) in [6.07, 6.45) is 0.924. The fourth-order valence-corrected chi connectivity index (χ4v) is 2.33. The van der Waals surface area contributed by atoms with E-state index >= 15 is 0 Å². The first-order valence-corrected chi connectivity index (χ1v) is 9.38. The van der Waals surface area contributed by atoms with Crippen LogP contribution in [0.2, 0.25) is 0 Å². The minimum absolute atomic E-state index is 0.0145. The molecule has 10 heteroatoms. The Labute approximate surface area is 167 Å². The zero-order valence-corrected chi connectivity index (χ0v) is 17.7. The van der Waals surface area contributed by atoms with Gasteiger partial charge >= 0.3 is 5.97 Å². The number of ether oxygens (including phenoxy) is 1. The van der Waals surface area contributed by atoms with Gasteiger partial charge in [-0.05, 0) is 54.4 Å². The molecule has 4 atom stereocenters. The predicted molar refractivity (Wildman–Crippen MR) is 108 cm³/mol. The number of nitrogens with one attached hydrogen (secondary N) is 2. The van der Waals surface area contributed by atoms with Gasteiger partial charge in [0.25, 0.3) is 0 Å². The van der Waals surface area contributed by atoms with Crippen LogP contribution in [-0.2, 0) is 19.1 Å². The fraction of sp³-hybridized carbons (Fsp3) is 0.778. The minimum atomic E-state index is -0.770. The number of carbonyl (C=O) groups excluding carboxylic acids is 3. The van der Waals surface area contributed by atoms with Crippen molar-refractivity contribution >= 4 is 23.6 Å². The van der Waals surface area contributed by atoms with E-state index < -0.39 is 41.6 Å². The van der Waals surface area contributed by atoms with Crippen LogP contribution >= 0.6 is 0 Å². The van der Waals surface area contributed by atoms with Gasteiger partial charge in [-0.3, -0.25) is 24.7 Å². The molecule has 0 aliphatic rings. The van der Waals surface area contributed by atoms with Gasteiger partial charge in [0.15, 0.2) is 11.7 Å². The number of guanidine groups is 1. The zero-order chi connectivity index (χ0) is 22.1. The molecule has 0 saturated heterocycles. The van der Waals surface area contributed by atoms with Gasteiger partial charge in [-0.2, -0.15) is 0 Å². The van der Waals surface area contributed by atoms with Crippen LogP contribution in [0.3, 0.4) is 0 Å². The third-order valence-electron chi connectivity index (χ3n) is 3.78. The molecule has 0 rings (SSSR count). The number of nitrogens with zero attached hydrogens (tertiary/aromatic N) is 1. The molecule has 8 N–H and O–H groups in total. The van der Waals surface area contributed by atoms with Crippen molar-refractivity contribution < 1.29 is 19.1 Å². The number of Topliss-reactive ketones (excluding diaryl/α,β-unsaturated/α-hetero) is 1. The van der Waals surface area contributed by atoms with E-state index in [2.05, 4.69) is 15.6 Å². The fourth-order valence-electron chi connectivity index (χ4n) is 2.33. The molecule has 0 aliphatic heterocycles. The third kappa shape index (κ3) is 10.8. The van der Waals surface area contributed by atoms with Crippen LogP contribution in [0, 0.1) is 0 Å². The number of nitrogens with two attached hydrogens (primary N) is 3. The van der Waals surface area contributed by atoms with Gasteiger partial charge in [0.2, 0.25) is 5.91 Å². The molecular weight excluding hydrogens is 364 g/mol. The van der Waals surface area contributed by atoms with Crippen LogP contribution in [0.25, 0.3) is 0 Å². The normalized spacial score (nSPS) is 15.7. The van der Waals surface area contributed by atoms with Crippen molar-refractivity contribution in [1.29, 1.82) is 0 Å². The number of hydrogen-bond acceptors (Lipinski definition) is 7. The Bertz CT molecular complexity index is 569. The SMILES string of the molecule is CC(NC(C)C(=O)C(C)NC(=O)C(N)CCCN=C(N)N)C(=O)OC(C)(C)C. The van der Waals surface area contributed by atoms with Gasteiger partial charge in [-0.25, -0.2) is 0 Å². The van der Waals surface area contributed by atoms with Crippen molar-refractivity contribution in [2.45, 2.75) is 84.2 Å². The largest absolute Gasteiger partial charge is 0.459 e. The van der Waals surface area contributed by atoms with Crippen molar-refractivity contribution in [2.24, 2.45) is 22.2 Å². The first-order valence-electron chi connectivity index (χ1n) is 9.38. The molecule has 1 amide bonds. The Morgan fingerprint density at radius 1 is 1.04 bits per heavy atom. The summed E-state index contributed by atoms with van der Waals surface area (Å²) in [5.41, 5.74) is 15.7. The lowest BCUT2D eigenvalue weighted by molar-refractivity contribution is -0.157. The van der Waals surface area contributed by atoms with Crippen molar-refractivity contribution in [3.63, 3.8) is 0 Å². The zero-order valence-electron chi connectivity index (χ0n) is 17.7. The Kier molecular flexibility index (Phi) is 10.7. The summed E-state index contributed by atoms with van der Waals surface area (Å²) in [6.45, 7) is 10.5. The molecule has 10 nitrogen and oxygen atoms in total. The summed E-state index contributed by atoms with van der Waals surface area (Å²) < 4.78 is 5.27. The van der Waals surface area contributed by atoms with Crippen LogP contribution in [-0.4, -0.2) is 59.9 Å². The van der Waals surface area contributed by atoms with E-state index in [0.717, 1.165) is 0 Å². The number of esters is 1. The van der Waals surface area contributed by atoms with Crippen molar-refractivity contribution in [2.75, 3.05) is 6.54 Å². The van der Waals surface area contributed by atoms with Gasteiger partial charge < -0.3 is 27.3 Å². The maximum Gasteiger partial charge on any atom is 0.323 e. The summed E-state index contributed by atoms with van der Waals surface area (Å²) in [5.74, 6) is -1.17. The smallest absolute Gasteiger partial charge is 0.323 e. The molecular formula is C18H36N6O4. The molecule has 4 unspecified atom stereocenters. The summed E-state index contributed by atoms with van der Waals surface area (Å²) in [5, 5.41) is 5.49. The third-order valence-corrected chi connectivity index (χ3v) is 3.78. The van der Waals surface area contributed by atoms with Gasteiger partial charge in [-0.1, -0.05) is 0 Å². The second kappa shape index (κ2) is 11.6. The predicted octanol–water partition coefficient (Wildman–Crippen LogP) is -0.851. The topological polar surface area (TPSA) is 175 Å². The van der Waals surface area contributed by atoms with E-state index in [1.807, 2.05) is 0 Å². The molecule has 0 saturated carbocycles. The molecule has 0 heterocycles. The molecule has 0 radical (unpaired) electrons. The highest BCUT2D eigenvalue weighted by molar-refractivity contribution is 5.93. The summed E-state index contributed by atoms with van der Waals surface area (Å²) >= 11 is 0. The number of ketones is 1. The molecule has 0 aromatic rings. The Morgan fingerprint density at radius 3 is 2.11 bits per heavy atom. The number of hydrogen-bond donors (Lipinski definition) is 5. The maximum atomic E-state index is 12.5. The lowest BCUT2D eigenvalue weighted by Gasteiger charge is -2.25. The summed E-state index contributed by atoms with van der Waals surface area (Å²) in [7, 11) is 0. The molecule has 0 fully saturated rings. The van der Waals surface area contributed by atoms with Crippen LogP contribution < -0.4 is 27.8 Å². The average Bonchev–Trinajstić information content (AvgIpc) is 2.55. The van der Waals surface area contributed by atoms with Crippen molar-refractivity contribution in [1.82, 2.24) is 10.6 Å². The van der Waals surface area contributed by atoms with E-state index in [0.29, 0.717) is 19.4 Å². The lowest BCUT2D eigenvalue weighted by atomic mass is 10.1. The average molecular weight is 401 g/mol. The maximum absolute atomic E-state index is 12.5. The highest BCUT2D eigenvalue weighted by atomic mass is 16.6.